The maximum absolute atomic E-state index is 12.9. The number of alkyl halides is 2. The molecule has 0 aromatic heterocycles. The van der Waals surface area contributed by atoms with Crippen molar-refractivity contribution in [3.63, 3.8) is 0 Å². The predicted molar refractivity (Wildman–Crippen MR) is 52.4 cm³/mol. The van der Waals surface area contributed by atoms with Crippen molar-refractivity contribution < 1.29 is 8.78 Å². The summed E-state index contributed by atoms with van der Waals surface area (Å²) in [6.07, 6.45) is 0. The van der Waals surface area contributed by atoms with E-state index in [9.17, 15) is 8.78 Å². The summed E-state index contributed by atoms with van der Waals surface area (Å²) in [5.74, 6) is -2.71. The first-order valence-electron chi connectivity index (χ1n) is 4.30. The molecular weight excluding hydrogens is 190 g/mol. The number of fused-ring (bicyclic) bond motifs is 1. The Balaban J connectivity index is 0.000000396. The zero-order valence-corrected chi connectivity index (χ0v) is 8.50. The van der Waals surface area contributed by atoms with Crippen LogP contribution in [0, 0.1) is 0 Å². The van der Waals surface area contributed by atoms with Crippen molar-refractivity contribution >= 4 is 11.8 Å². The van der Waals surface area contributed by atoms with E-state index in [0.717, 1.165) is 4.90 Å². The molecule has 0 fully saturated rings. The summed E-state index contributed by atoms with van der Waals surface area (Å²) in [4.78, 5) is 0.720. The van der Waals surface area contributed by atoms with E-state index in [1.165, 1.54) is 17.8 Å². The second kappa shape index (κ2) is 4.09. The molecule has 0 aliphatic carbocycles. The van der Waals surface area contributed by atoms with E-state index in [1.807, 2.05) is 13.8 Å². The summed E-state index contributed by atoms with van der Waals surface area (Å²) in [6, 6.07) is 6.67. The van der Waals surface area contributed by atoms with Crippen molar-refractivity contribution in [3.05, 3.63) is 29.8 Å². The zero-order valence-electron chi connectivity index (χ0n) is 7.68. The lowest BCUT2D eigenvalue weighted by Crippen LogP contribution is -2.10. The molecule has 13 heavy (non-hydrogen) atoms. The molecule has 0 atom stereocenters. The fourth-order valence-corrected chi connectivity index (χ4v) is 2.18. The number of thioether (sulfide) groups is 1. The Labute approximate surface area is 81.3 Å². The van der Waals surface area contributed by atoms with Gasteiger partial charge >= 0.3 is 0 Å². The molecular formula is C10H12F2S. The smallest absolute Gasteiger partial charge is 0.200 e. The molecule has 1 aromatic rings. The van der Waals surface area contributed by atoms with Gasteiger partial charge in [0.2, 0.25) is 0 Å². The van der Waals surface area contributed by atoms with Gasteiger partial charge in [0.25, 0.3) is 5.92 Å². The van der Waals surface area contributed by atoms with E-state index in [0.29, 0.717) is 0 Å². The van der Waals surface area contributed by atoms with Crippen LogP contribution in [0.2, 0.25) is 0 Å². The number of hydrogen-bond donors (Lipinski definition) is 0. The van der Waals surface area contributed by atoms with Crippen LogP contribution < -0.4 is 0 Å². The Bertz CT molecular complexity index is 284. The second-order valence-electron chi connectivity index (χ2n) is 2.49. The lowest BCUT2D eigenvalue weighted by atomic mass is 10.1. The molecule has 0 bridgehead atoms. The van der Waals surface area contributed by atoms with Gasteiger partial charge in [-0.05, 0) is 6.07 Å². The summed E-state index contributed by atoms with van der Waals surface area (Å²) in [6.45, 7) is 4.00. The van der Waals surface area contributed by atoms with Gasteiger partial charge in [-0.25, -0.2) is 8.78 Å². The third-order valence-corrected chi connectivity index (χ3v) is 2.86. The second-order valence-corrected chi connectivity index (χ2v) is 3.51. The van der Waals surface area contributed by atoms with E-state index in [2.05, 4.69) is 0 Å². The van der Waals surface area contributed by atoms with E-state index in [4.69, 9.17) is 0 Å². The van der Waals surface area contributed by atoms with Crippen molar-refractivity contribution in [2.24, 2.45) is 0 Å². The van der Waals surface area contributed by atoms with E-state index in [-0.39, 0.29) is 11.3 Å². The molecule has 0 N–H and O–H groups in total. The van der Waals surface area contributed by atoms with Crippen LogP contribution in [0.4, 0.5) is 8.78 Å². The summed E-state index contributed by atoms with van der Waals surface area (Å²) in [7, 11) is 0. The minimum atomic E-state index is -2.61. The Morgan fingerprint density at radius 3 is 2.46 bits per heavy atom. The van der Waals surface area contributed by atoms with Crippen LogP contribution in [0.5, 0.6) is 0 Å². The molecule has 72 valence electrons. The first kappa shape index (κ1) is 10.5. The zero-order chi connectivity index (χ0) is 9.90. The van der Waals surface area contributed by atoms with Gasteiger partial charge in [-0.2, -0.15) is 0 Å². The van der Waals surface area contributed by atoms with Gasteiger partial charge < -0.3 is 0 Å². The highest BCUT2D eigenvalue weighted by Gasteiger charge is 2.39. The van der Waals surface area contributed by atoms with Gasteiger partial charge in [0.1, 0.15) is 0 Å². The molecule has 0 spiro atoms. The molecule has 3 heteroatoms. The Morgan fingerprint density at radius 2 is 1.85 bits per heavy atom. The molecule has 0 unspecified atom stereocenters. The summed E-state index contributed by atoms with van der Waals surface area (Å²) in [5, 5.41) is 0. The average molecular weight is 202 g/mol. The Hall–Kier alpha value is -0.570. The monoisotopic (exact) mass is 202 g/mol. The van der Waals surface area contributed by atoms with Crippen molar-refractivity contribution in [1.29, 1.82) is 0 Å². The van der Waals surface area contributed by atoms with Crippen LogP contribution >= 0.6 is 11.8 Å². The average Bonchev–Trinajstić information content (AvgIpc) is 2.47. The first-order chi connectivity index (χ1) is 6.20. The molecule has 1 aliphatic heterocycles. The normalized spacial score (nSPS) is 17.2. The SMILES string of the molecule is CC.FC1(F)CSc2ccccc21. The topological polar surface area (TPSA) is 0 Å². The largest absolute Gasteiger partial charge is 0.283 e. The van der Waals surface area contributed by atoms with Crippen molar-refractivity contribution in [3.8, 4) is 0 Å². The van der Waals surface area contributed by atoms with Crippen LogP contribution in [0.1, 0.15) is 19.4 Å². The number of rotatable bonds is 0. The summed E-state index contributed by atoms with van der Waals surface area (Å²) >= 11 is 1.22. The molecule has 1 aromatic carbocycles. The van der Waals surface area contributed by atoms with Gasteiger partial charge in [-0.1, -0.05) is 32.0 Å². The highest BCUT2D eigenvalue weighted by atomic mass is 32.2. The van der Waals surface area contributed by atoms with Gasteiger partial charge in [0.05, 0.1) is 5.75 Å². The van der Waals surface area contributed by atoms with Crippen LogP contribution in [0.3, 0.4) is 0 Å². The predicted octanol–water partition coefficient (Wildman–Crippen LogP) is 3.91. The maximum atomic E-state index is 12.9. The van der Waals surface area contributed by atoms with Gasteiger partial charge in [-0.15, -0.1) is 11.8 Å². The molecule has 1 heterocycles. The maximum Gasteiger partial charge on any atom is 0.283 e. The lowest BCUT2D eigenvalue weighted by Gasteiger charge is -2.06. The standard InChI is InChI=1S/C8H6F2S.C2H6/c9-8(10)5-11-7-4-2-1-3-6(7)8;1-2/h1-4H,5H2;1-2H3. The summed E-state index contributed by atoms with van der Waals surface area (Å²) < 4.78 is 25.8. The van der Waals surface area contributed by atoms with E-state index >= 15 is 0 Å². The third kappa shape index (κ3) is 2.02. The molecule has 0 nitrogen and oxygen atoms in total. The van der Waals surface area contributed by atoms with Crippen molar-refractivity contribution in [2.45, 2.75) is 24.7 Å². The van der Waals surface area contributed by atoms with Gasteiger partial charge in [0, 0.05) is 10.5 Å². The molecule has 0 saturated carbocycles. The van der Waals surface area contributed by atoms with Crippen molar-refractivity contribution in [2.75, 3.05) is 5.75 Å². The highest BCUT2D eigenvalue weighted by molar-refractivity contribution is 7.99. The molecule has 1 aliphatic rings. The van der Waals surface area contributed by atoms with E-state index in [1.54, 1.807) is 18.2 Å². The van der Waals surface area contributed by atoms with Gasteiger partial charge in [-0.3, -0.25) is 0 Å². The van der Waals surface area contributed by atoms with Crippen LogP contribution in [-0.2, 0) is 5.92 Å². The van der Waals surface area contributed by atoms with Crippen LogP contribution in [0.15, 0.2) is 29.2 Å². The fraction of sp³-hybridized carbons (Fsp3) is 0.400. The fourth-order valence-electron chi connectivity index (χ4n) is 1.14. The minimum Gasteiger partial charge on any atom is -0.200 e. The first-order valence-corrected chi connectivity index (χ1v) is 5.29. The molecule has 0 radical (unpaired) electrons. The van der Waals surface area contributed by atoms with E-state index < -0.39 is 5.92 Å². The number of benzene rings is 1. The number of hydrogen-bond acceptors (Lipinski definition) is 1. The Morgan fingerprint density at radius 1 is 1.23 bits per heavy atom. The summed E-state index contributed by atoms with van der Waals surface area (Å²) in [5.41, 5.74) is 0.185. The van der Waals surface area contributed by atoms with Gasteiger partial charge in [0.15, 0.2) is 0 Å². The molecule has 0 amide bonds. The third-order valence-electron chi connectivity index (χ3n) is 1.69. The molecule has 2 rings (SSSR count). The van der Waals surface area contributed by atoms with Crippen molar-refractivity contribution in [1.82, 2.24) is 0 Å². The number of halogens is 2. The highest BCUT2D eigenvalue weighted by Crippen LogP contribution is 2.45. The Kier molecular flexibility index (Phi) is 3.31. The quantitative estimate of drug-likeness (QED) is 0.614. The van der Waals surface area contributed by atoms with Crippen LogP contribution in [0.25, 0.3) is 0 Å². The lowest BCUT2D eigenvalue weighted by molar-refractivity contribution is 0.0244. The minimum absolute atomic E-state index is 0.105. The van der Waals surface area contributed by atoms with Crippen LogP contribution in [-0.4, -0.2) is 5.75 Å². The molecule has 0 saturated heterocycles.